The zero-order valence-corrected chi connectivity index (χ0v) is 22.0. The molecule has 186 valence electrons. The fraction of sp³-hybridized carbons (Fsp3) is 0.440. The number of nitrogens with one attached hydrogen (secondary N) is 1. The third-order valence-corrected chi connectivity index (χ3v) is 7.64. The minimum atomic E-state index is -3.88. The van der Waals surface area contributed by atoms with E-state index < -0.39 is 28.5 Å². The molecule has 0 aliphatic rings. The first-order valence-corrected chi connectivity index (χ1v) is 13.1. The maximum absolute atomic E-state index is 13.4. The molecule has 0 saturated carbocycles. The van der Waals surface area contributed by atoms with Gasteiger partial charge in [0.2, 0.25) is 21.8 Å². The number of rotatable bonds is 11. The lowest BCUT2D eigenvalue weighted by atomic mass is 10.1. The van der Waals surface area contributed by atoms with E-state index in [1.54, 1.807) is 36.4 Å². The van der Waals surface area contributed by atoms with Crippen LogP contribution in [0.15, 0.2) is 53.4 Å². The summed E-state index contributed by atoms with van der Waals surface area (Å²) in [5.41, 5.74) is 1.61. The molecule has 1 N–H and O–H groups in total. The predicted octanol–water partition coefficient (Wildman–Crippen LogP) is 3.85. The minimum Gasteiger partial charge on any atom is -0.354 e. The van der Waals surface area contributed by atoms with E-state index in [0.29, 0.717) is 23.6 Å². The zero-order valence-electron chi connectivity index (χ0n) is 20.4. The van der Waals surface area contributed by atoms with E-state index in [4.69, 9.17) is 11.6 Å². The quantitative estimate of drug-likeness (QED) is 0.500. The molecule has 1 unspecified atom stereocenters. The van der Waals surface area contributed by atoms with Crippen LogP contribution in [-0.2, 0) is 26.2 Å². The molecular weight excluding hydrogens is 474 g/mol. The van der Waals surface area contributed by atoms with Gasteiger partial charge in [-0.2, -0.15) is 4.31 Å². The molecule has 7 nitrogen and oxygen atoms in total. The number of amides is 2. The van der Waals surface area contributed by atoms with E-state index in [0.717, 1.165) is 9.87 Å². The molecule has 0 spiro atoms. The van der Waals surface area contributed by atoms with Crippen LogP contribution < -0.4 is 5.32 Å². The molecule has 0 saturated heterocycles. The molecule has 0 aliphatic heterocycles. The lowest BCUT2D eigenvalue weighted by Crippen LogP contribution is -2.52. The second-order valence-electron chi connectivity index (χ2n) is 8.75. The standard InChI is InChI=1S/C25H34ClN3O4S/c1-6-23(25(31)27-15-18(2)3)29(16-20-9-7-8-10-22(20)26)24(30)17-28(5)34(32,33)21-13-11-19(4)12-14-21/h7-14,18,23H,6,15-17H2,1-5H3,(H,27,31). The Bertz CT molecular complexity index is 1090. The number of likely N-dealkylation sites (N-methyl/N-ethyl adjacent to an activating group) is 1. The van der Waals surface area contributed by atoms with Gasteiger partial charge in [-0.3, -0.25) is 9.59 Å². The van der Waals surface area contributed by atoms with Crippen LogP contribution in [0.5, 0.6) is 0 Å². The lowest BCUT2D eigenvalue weighted by Gasteiger charge is -2.32. The second kappa shape index (κ2) is 12.3. The number of hydrogen-bond donors (Lipinski definition) is 1. The molecule has 0 aliphatic carbocycles. The van der Waals surface area contributed by atoms with Crippen LogP contribution in [0.1, 0.15) is 38.3 Å². The molecule has 2 rings (SSSR count). The molecule has 9 heteroatoms. The van der Waals surface area contributed by atoms with Gasteiger partial charge in [0, 0.05) is 25.2 Å². The Balaban J connectivity index is 2.32. The summed E-state index contributed by atoms with van der Waals surface area (Å²) < 4.78 is 27.1. The first kappa shape index (κ1) is 27.8. The van der Waals surface area contributed by atoms with Crippen molar-refractivity contribution in [2.75, 3.05) is 20.1 Å². The summed E-state index contributed by atoms with van der Waals surface area (Å²) in [6.45, 7) is 7.81. The summed E-state index contributed by atoms with van der Waals surface area (Å²) in [7, 11) is -2.52. The first-order chi connectivity index (χ1) is 16.0. The van der Waals surface area contributed by atoms with Crippen LogP contribution in [0, 0.1) is 12.8 Å². The van der Waals surface area contributed by atoms with Gasteiger partial charge in [-0.05, 0) is 43.0 Å². The first-order valence-electron chi connectivity index (χ1n) is 11.3. The summed E-state index contributed by atoms with van der Waals surface area (Å²) in [6.07, 6.45) is 0.370. The molecule has 0 radical (unpaired) electrons. The molecular formula is C25H34ClN3O4S. The number of carbonyl (C=O) groups is 2. The fourth-order valence-electron chi connectivity index (χ4n) is 3.41. The Morgan fingerprint density at radius 3 is 2.24 bits per heavy atom. The Kier molecular flexibility index (Phi) is 10.1. The highest BCUT2D eigenvalue weighted by molar-refractivity contribution is 7.89. The summed E-state index contributed by atoms with van der Waals surface area (Å²) in [6, 6.07) is 12.8. The molecule has 0 bridgehead atoms. The third-order valence-electron chi connectivity index (χ3n) is 5.46. The number of nitrogens with zero attached hydrogens (tertiary/aromatic N) is 2. The zero-order chi connectivity index (χ0) is 25.5. The highest BCUT2D eigenvalue weighted by Crippen LogP contribution is 2.21. The third kappa shape index (κ3) is 7.29. The van der Waals surface area contributed by atoms with Crippen LogP contribution >= 0.6 is 11.6 Å². The topological polar surface area (TPSA) is 86.8 Å². The number of benzene rings is 2. The fourth-order valence-corrected chi connectivity index (χ4v) is 4.72. The molecule has 0 fully saturated rings. The Labute approximate surface area is 208 Å². The lowest BCUT2D eigenvalue weighted by molar-refractivity contribution is -0.141. The van der Waals surface area contributed by atoms with Crippen molar-refractivity contribution in [3.63, 3.8) is 0 Å². The largest absolute Gasteiger partial charge is 0.354 e. The van der Waals surface area contributed by atoms with Crippen LogP contribution in [0.2, 0.25) is 5.02 Å². The van der Waals surface area contributed by atoms with Crippen LogP contribution in [-0.4, -0.2) is 55.6 Å². The van der Waals surface area contributed by atoms with Gasteiger partial charge >= 0.3 is 0 Å². The predicted molar refractivity (Wildman–Crippen MR) is 135 cm³/mol. The van der Waals surface area contributed by atoms with Crippen molar-refractivity contribution in [2.24, 2.45) is 5.92 Å². The minimum absolute atomic E-state index is 0.0878. The van der Waals surface area contributed by atoms with E-state index in [9.17, 15) is 18.0 Å². The van der Waals surface area contributed by atoms with Crippen molar-refractivity contribution < 1.29 is 18.0 Å². The SMILES string of the molecule is CCC(C(=O)NCC(C)C)N(Cc1ccccc1Cl)C(=O)CN(C)S(=O)(=O)c1ccc(C)cc1. The Hall–Kier alpha value is -2.42. The Morgan fingerprint density at radius 1 is 1.06 bits per heavy atom. The van der Waals surface area contributed by atoms with E-state index >= 15 is 0 Å². The molecule has 1 atom stereocenters. The maximum Gasteiger partial charge on any atom is 0.243 e. The van der Waals surface area contributed by atoms with E-state index in [1.165, 1.54) is 24.1 Å². The number of carbonyl (C=O) groups excluding carboxylic acids is 2. The summed E-state index contributed by atoms with van der Waals surface area (Å²) in [5, 5.41) is 3.36. The number of sulfonamides is 1. The van der Waals surface area contributed by atoms with Crippen molar-refractivity contribution in [3.05, 3.63) is 64.7 Å². The van der Waals surface area contributed by atoms with E-state index in [-0.39, 0.29) is 23.3 Å². The van der Waals surface area contributed by atoms with Crippen molar-refractivity contribution in [2.45, 2.75) is 51.6 Å². The normalized spacial score (nSPS) is 12.6. The number of aryl methyl sites for hydroxylation is 1. The Morgan fingerprint density at radius 2 is 1.68 bits per heavy atom. The van der Waals surface area contributed by atoms with E-state index in [2.05, 4.69) is 5.32 Å². The molecule has 0 aromatic heterocycles. The molecule has 34 heavy (non-hydrogen) atoms. The van der Waals surface area contributed by atoms with Crippen molar-refractivity contribution in [3.8, 4) is 0 Å². The van der Waals surface area contributed by atoms with Gasteiger partial charge in [0.05, 0.1) is 11.4 Å². The van der Waals surface area contributed by atoms with Gasteiger partial charge in [-0.1, -0.05) is 68.3 Å². The average molecular weight is 508 g/mol. The molecule has 2 aromatic carbocycles. The average Bonchev–Trinajstić information content (AvgIpc) is 2.78. The van der Waals surface area contributed by atoms with Gasteiger partial charge < -0.3 is 10.2 Å². The van der Waals surface area contributed by atoms with Gasteiger partial charge in [-0.25, -0.2) is 8.42 Å². The van der Waals surface area contributed by atoms with Gasteiger partial charge in [0.1, 0.15) is 6.04 Å². The molecule has 0 heterocycles. The summed E-state index contributed by atoms with van der Waals surface area (Å²) in [4.78, 5) is 27.9. The highest BCUT2D eigenvalue weighted by Gasteiger charge is 2.32. The van der Waals surface area contributed by atoms with Crippen LogP contribution in [0.3, 0.4) is 0 Å². The van der Waals surface area contributed by atoms with Gasteiger partial charge in [0.15, 0.2) is 0 Å². The monoisotopic (exact) mass is 507 g/mol. The number of halogens is 1. The second-order valence-corrected chi connectivity index (χ2v) is 11.2. The van der Waals surface area contributed by atoms with Crippen molar-refractivity contribution in [1.82, 2.24) is 14.5 Å². The molecule has 2 amide bonds. The van der Waals surface area contributed by atoms with Gasteiger partial charge in [0.25, 0.3) is 0 Å². The van der Waals surface area contributed by atoms with E-state index in [1.807, 2.05) is 27.7 Å². The number of hydrogen-bond acceptors (Lipinski definition) is 4. The van der Waals surface area contributed by atoms with Crippen LogP contribution in [0.4, 0.5) is 0 Å². The van der Waals surface area contributed by atoms with Gasteiger partial charge in [-0.15, -0.1) is 0 Å². The molecule has 2 aromatic rings. The maximum atomic E-state index is 13.4. The summed E-state index contributed by atoms with van der Waals surface area (Å²) >= 11 is 6.33. The van der Waals surface area contributed by atoms with Crippen LogP contribution in [0.25, 0.3) is 0 Å². The highest BCUT2D eigenvalue weighted by atomic mass is 35.5. The summed E-state index contributed by atoms with van der Waals surface area (Å²) in [5.74, 6) is -0.509. The smallest absolute Gasteiger partial charge is 0.243 e. The van der Waals surface area contributed by atoms with Crippen molar-refractivity contribution in [1.29, 1.82) is 0 Å². The van der Waals surface area contributed by atoms with Crippen molar-refractivity contribution >= 4 is 33.4 Å².